The van der Waals surface area contributed by atoms with Crippen molar-refractivity contribution in [2.75, 3.05) is 26.2 Å². The van der Waals surface area contributed by atoms with Crippen molar-refractivity contribution in [3.8, 4) is 0 Å². The Kier molecular flexibility index (Phi) is 14.4. The molecule has 0 aromatic heterocycles. The molecule has 3 aromatic carbocycles. The number of ether oxygens (including phenoxy) is 2. The van der Waals surface area contributed by atoms with Crippen LogP contribution >= 0.6 is 0 Å². The Labute approximate surface area is 299 Å². The molecular weight excluding hydrogens is 652 g/mol. The predicted molar refractivity (Wildman–Crippen MR) is 193 cm³/mol. The number of rotatable bonds is 15. The van der Waals surface area contributed by atoms with Gasteiger partial charge in [-0.3, -0.25) is 14.4 Å². The van der Waals surface area contributed by atoms with Gasteiger partial charge in [0, 0.05) is 32.0 Å². The van der Waals surface area contributed by atoms with Gasteiger partial charge in [0.05, 0.1) is 6.04 Å². The van der Waals surface area contributed by atoms with E-state index in [0.717, 1.165) is 21.9 Å². The van der Waals surface area contributed by atoms with Crippen molar-refractivity contribution in [1.82, 2.24) is 20.9 Å². The summed E-state index contributed by atoms with van der Waals surface area (Å²) >= 11 is 0. The highest BCUT2D eigenvalue weighted by Crippen LogP contribution is 2.21. The van der Waals surface area contributed by atoms with E-state index >= 15 is 0 Å². The number of unbranched alkanes of at least 4 members (excludes halogenated alkanes) is 1. The number of likely N-dealkylation sites (tertiary alicyclic amines) is 1. The summed E-state index contributed by atoms with van der Waals surface area (Å²) < 4.78 is 10.7. The van der Waals surface area contributed by atoms with Gasteiger partial charge in [-0.15, -0.1) is 0 Å². The number of carbonyl (C=O) groups is 5. The Morgan fingerprint density at radius 1 is 0.843 bits per heavy atom. The first-order chi connectivity index (χ1) is 24.4. The van der Waals surface area contributed by atoms with E-state index < -0.39 is 54.1 Å². The lowest BCUT2D eigenvalue weighted by Gasteiger charge is -2.33. The second-order valence-corrected chi connectivity index (χ2v) is 13.9. The van der Waals surface area contributed by atoms with Gasteiger partial charge in [0.2, 0.25) is 11.8 Å². The normalized spacial score (nSPS) is 14.6. The van der Waals surface area contributed by atoms with E-state index in [1.165, 1.54) is 0 Å². The second kappa shape index (κ2) is 18.9. The lowest BCUT2D eigenvalue weighted by atomic mass is 9.94. The maximum absolute atomic E-state index is 13.8. The van der Waals surface area contributed by atoms with Gasteiger partial charge >= 0.3 is 12.2 Å². The molecule has 0 aliphatic carbocycles. The van der Waals surface area contributed by atoms with Crippen LogP contribution in [0.25, 0.3) is 10.8 Å². The lowest BCUT2D eigenvalue weighted by molar-refractivity contribution is -0.134. The molecule has 12 nitrogen and oxygen atoms in total. The molecular formula is C39H50N4O8. The van der Waals surface area contributed by atoms with Crippen LogP contribution in [0.1, 0.15) is 64.0 Å². The summed E-state index contributed by atoms with van der Waals surface area (Å²) in [5, 5.41) is 20.1. The number of amides is 4. The molecule has 4 N–H and O–H groups in total. The second-order valence-electron chi connectivity index (χ2n) is 13.9. The van der Waals surface area contributed by atoms with Crippen LogP contribution in [0.4, 0.5) is 9.59 Å². The fourth-order valence-electron chi connectivity index (χ4n) is 5.89. The Hall–Kier alpha value is -4.97. The smallest absolute Gasteiger partial charge is 0.410 e. The van der Waals surface area contributed by atoms with Crippen molar-refractivity contribution in [1.29, 1.82) is 0 Å². The number of aliphatic hydroxyl groups is 1. The number of ketones is 1. The highest BCUT2D eigenvalue weighted by Gasteiger charge is 2.33. The van der Waals surface area contributed by atoms with E-state index in [-0.39, 0.29) is 25.4 Å². The van der Waals surface area contributed by atoms with Gasteiger partial charge in [0.25, 0.3) is 0 Å². The number of carbonyl (C=O) groups excluding carboxylic acids is 5. The number of hydrogen-bond acceptors (Lipinski definition) is 8. The molecule has 1 aliphatic rings. The summed E-state index contributed by atoms with van der Waals surface area (Å²) in [6, 6.07) is 21.0. The molecule has 1 heterocycles. The first-order valence-corrected chi connectivity index (χ1v) is 17.6. The van der Waals surface area contributed by atoms with Gasteiger partial charge in [0.15, 0.2) is 5.78 Å². The third-order valence-corrected chi connectivity index (χ3v) is 8.67. The molecule has 2 atom stereocenters. The third kappa shape index (κ3) is 12.7. The third-order valence-electron chi connectivity index (χ3n) is 8.67. The SMILES string of the molecule is CC(C)(C)OC(=O)N1CCC(C(=O)N[C@@H](Cc2ccc3ccccc3c2)C(=O)N[C@@H](CCCCNC(=O)OCc2ccccc2)C(=O)CO)CC1. The van der Waals surface area contributed by atoms with E-state index in [9.17, 15) is 29.1 Å². The standard InChI is InChI=1S/C39H50N4O8/c1-39(2,3)51-38(49)43-21-18-30(19-22-43)35(46)42-33(24-28-16-17-29-13-7-8-14-31(29)23-28)36(47)41-32(34(45)25-44)15-9-10-20-40-37(48)50-26-27-11-5-4-6-12-27/h4-8,11-14,16-17,23,30,32-33,44H,9-10,15,18-22,24-26H2,1-3H3,(H,40,48)(H,41,47)(H,42,46)/t32-,33-/m0/s1. The zero-order chi connectivity index (χ0) is 36.8. The minimum absolute atomic E-state index is 0.147. The number of Topliss-reactive ketones (excluding diaryl/α,β-unsaturated/α-hetero) is 1. The molecule has 4 amide bonds. The van der Waals surface area contributed by atoms with Gasteiger partial charge in [-0.1, -0.05) is 72.8 Å². The van der Waals surface area contributed by atoms with Crippen LogP contribution < -0.4 is 16.0 Å². The molecule has 4 rings (SSSR count). The largest absolute Gasteiger partial charge is 0.445 e. The maximum atomic E-state index is 13.8. The fraction of sp³-hybridized carbons (Fsp3) is 0.462. The number of aliphatic hydroxyl groups excluding tert-OH is 1. The Morgan fingerprint density at radius 2 is 1.53 bits per heavy atom. The molecule has 0 radical (unpaired) electrons. The van der Waals surface area contributed by atoms with E-state index in [4.69, 9.17) is 9.47 Å². The van der Waals surface area contributed by atoms with Crippen LogP contribution in [0.5, 0.6) is 0 Å². The average Bonchev–Trinajstić information content (AvgIpc) is 3.12. The summed E-state index contributed by atoms with van der Waals surface area (Å²) in [7, 11) is 0. The van der Waals surface area contributed by atoms with Crippen molar-refractivity contribution in [3.63, 3.8) is 0 Å². The number of hydrogen-bond donors (Lipinski definition) is 4. The highest BCUT2D eigenvalue weighted by atomic mass is 16.6. The monoisotopic (exact) mass is 702 g/mol. The number of nitrogens with zero attached hydrogens (tertiary/aromatic N) is 1. The minimum atomic E-state index is -1.00. The van der Waals surface area contributed by atoms with Crippen LogP contribution in [0.3, 0.4) is 0 Å². The van der Waals surface area contributed by atoms with Crippen LogP contribution in [0, 0.1) is 5.92 Å². The molecule has 51 heavy (non-hydrogen) atoms. The highest BCUT2D eigenvalue weighted by molar-refractivity contribution is 5.94. The van der Waals surface area contributed by atoms with Gasteiger partial charge in [0.1, 0.15) is 24.9 Å². The Balaban J connectivity index is 1.35. The lowest BCUT2D eigenvalue weighted by Crippen LogP contribution is -2.54. The van der Waals surface area contributed by atoms with E-state index in [2.05, 4.69) is 16.0 Å². The minimum Gasteiger partial charge on any atom is -0.445 e. The summed E-state index contributed by atoms with van der Waals surface area (Å²) in [5.74, 6) is -1.83. The quantitative estimate of drug-likeness (QED) is 0.166. The molecule has 0 bridgehead atoms. The first-order valence-electron chi connectivity index (χ1n) is 17.6. The summed E-state index contributed by atoms with van der Waals surface area (Å²) in [5.41, 5.74) is 1.06. The number of fused-ring (bicyclic) bond motifs is 1. The summed E-state index contributed by atoms with van der Waals surface area (Å²) in [6.07, 6.45) is 1.22. The number of benzene rings is 3. The molecule has 274 valence electrons. The molecule has 1 saturated heterocycles. The number of piperidine rings is 1. The Bertz CT molecular complexity index is 1630. The predicted octanol–water partition coefficient (Wildman–Crippen LogP) is 4.66. The van der Waals surface area contributed by atoms with Crippen molar-refractivity contribution in [2.45, 2.75) is 83.6 Å². The molecule has 0 saturated carbocycles. The molecule has 0 spiro atoms. The van der Waals surface area contributed by atoms with Gasteiger partial charge in [-0.2, -0.15) is 0 Å². The topological polar surface area (TPSA) is 163 Å². The van der Waals surface area contributed by atoms with Crippen LogP contribution in [-0.2, 0) is 36.9 Å². The van der Waals surface area contributed by atoms with Crippen molar-refractivity contribution in [2.24, 2.45) is 5.92 Å². The molecule has 1 aliphatic heterocycles. The molecule has 0 unspecified atom stereocenters. The zero-order valence-electron chi connectivity index (χ0n) is 29.7. The van der Waals surface area contributed by atoms with Gasteiger partial charge < -0.3 is 35.4 Å². The van der Waals surface area contributed by atoms with E-state index in [1.807, 2.05) is 72.8 Å². The summed E-state index contributed by atoms with van der Waals surface area (Å²) in [4.78, 5) is 66.3. The van der Waals surface area contributed by atoms with Crippen LogP contribution in [0.15, 0.2) is 72.8 Å². The van der Waals surface area contributed by atoms with E-state index in [0.29, 0.717) is 45.3 Å². The fourth-order valence-corrected chi connectivity index (χ4v) is 5.89. The van der Waals surface area contributed by atoms with Crippen molar-refractivity contribution in [3.05, 3.63) is 83.9 Å². The Morgan fingerprint density at radius 3 is 2.22 bits per heavy atom. The average molecular weight is 703 g/mol. The van der Waals surface area contributed by atoms with Crippen LogP contribution in [-0.4, -0.2) is 83.7 Å². The molecule has 1 fully saturated rings. The van der Waals surface area contributed by atoms with Crippen molar-refractivity contribution >= 4 is 40.6 Å². The van der Waals surface area contributed by atoms with Crippen LogP contribution in [0.2, 0.25) is 0 Å². The number of nitrogens with one attached hydrogen (secondary N) is 3. The van der Waals surface area contributed by atoms with Gasteiger partial charge in [-0.25, -0.2) is 9.59 Å². The van der Waals surface area contributed by atoms with Gasteiger partial charge in [-0.05, 0) is 74.8 Å². The molecule has 3 aromatic rings. The van der Waals surface area contributed by atoms with E-state index in [1.54, 1.807) is 25.7 Å². The van der Waals surface area contributed by atoms with Crippen molar-refractivity contribution < 1.29 is 38.6 Å². The number of alkyl carbamates (subject to hydrolysis) is 1. The molecule has 12 heteroatoms. The maximum Gasteiger partial charge on any atom is 0.410 e. The summed E-state index contributed by atoms with van der Waals surface area (Å²) in [6.45, 7) is 5.79. The zero-order valence-corrected chi connectivity index (χ0v) is 29.7. The first kappa shape index (κ1) is 38.8.